The number of anilines is 1. The Labute approximate surface area is 195 Å². The molecule has 8 heteroatoms. The Kier molecular flexibility index (Phi) is 7.49. The third kappa shape index (κ3) is 5.40. The highest BCUT2D eigenvalue weighted by molar-refractivity contribution is 7.15. The Balaban J connectivity index is 1.98. The second-order valence-electron chi connectivity index (χ2n) is 6.99. The number of phenols is 1. The number of nitriles is 1. The van der Waals surface area contributed by atoms with Gasteiger partial charge in [0.05, 0.1) is 13.7 Å². The number of nitrogens with zero attached hydrogens (tertiary/aromatic N) is 1. The van der Waals surface area contributed by atoms with Crippen LogP contribution >= 0.6 is 11.3 Å². The third-order valence-corrected chi connectivity index (χ3v) is 5.66. The van der Waals surface area contributed by atoms with E-state index in [0.717, 1.165) is 22.5 Å². The molecule has 0 saturated carbocycles. The van der Waals surface area contributed by atoms with Crippen LogP contribution in [0.4, 0.5) is 5.00 Å². The molecule has 0 bridgehead atoms. The number of esters is 1. The van der Waals surface area contributed by atoms with Crippen molar-refractivity contribution in [3.63, 3.8) is 0 Å². The van der Waals surface area contributed by atoms with E-state index in [9.17, 15) is 20.0 Å². The minimum absolute atomic E-state index is 0.110. The predicted octanol–water partition coefficient (Wildman–Crippen LogP) is 5.16. The van der Waals surface area contributed by atoms with Crippen LogP contribution in [0.5, 0.6) is 11.5 Å². The third-order valence-electron chi connectivity index (χ3n) is 4.76. The van der Waals surface area contributed by atoms with Gasteiger partial charge in [0.15, 0.2) is 0 Å². The van der Waals surface area contributed by atoms with Gasteiger partial charge in [-0.1, -0.05) is 29.8 Å². The molecule has 0 aliphatic rings. The molecule has 1 aromatic heterocycles. The van der Waals surface area contributed by atoms with Gasteiger partial charge in [-0.3, -0.25) is 4.79 Å². The highest BCUT2D eigenvalue weighted by Gasteiger charge is 2.24. The zero-order valence-corrected chi connectivity index (χ0v) is 19.2. The first-order valence-electron chi connectivity index (χ1n) is 10.0. The minimum Gasteiger partial charge on any atom is -0.507 e. The number of aromatic hydroxyl groups is 1. The van der Waals surface area contributed by atoms with Crippen molar-refractivity contribution >= 4 is 34.3 Å². The summed E-state index contributed by atoms with van der Waals surface area (Å²) in [5, 5.41) is 24.3. The van der Waals surface area contributed by atoms with E-state index in [1.807, 2.05) is 37.3 Å². The van der Waals surface area contributed by atoms with Crippen LogP contribution in [0.3, 0.4) is 0 Å². The van der Waals surface area contributed by atoms with Crippen LogP contribution in [0.25, 0.3) is 17.2 Å². The van der Waals surface area contributed by atoms with Crippen molar-refractivity contribution in [3.05, 3.63) is 70.1 Å². The van der Waals surface area contributed by atoms with Crippen molar-refractivity contribution in [1.82, 2.24) is 0 Å². The molecular formula is C25H22N2O5S. The highest BCUT2D eigenvalue weighted by atomic mass is 32.1. The first-order valence-corrected chi connectivity index (χ1v) is 10.9. The van der Waals surface area contributed by atoms with Crippen LogP contribution in [0.15, 0.2) is 53.4 Å². The summed E-state index contributed by atoms with van der Waals surface area (Å²) in [6.45, 7) is 3.84. The molecule has 0 atom stereocenters. The van der Waals surface area contributed by atoms with Crippen LogP contribution in [0, 0.1) is 18.3 Å². The van der Waals surface area contributed by atoms with Crippen molar-refractivity contribution in [2.24, 2.45) is 0 Å². The van der Waals surface area contributed by atoms with E-state index >= 15 is 0 Å². The van der Waals surface area contributed by atoms with E-state index < -0.39 is 11.9 Å². The maximum atomic E-state index is 12.9. The maximum Gasteiger partial charge on any atom is 0.341 e. The molecule has 0 aliphatic carbocycles. The quantitative estimate of drug-likeness (QED) is 0.285. The lowest BCUT2D eigenvalue weighted by atomic mass is 10.0. The lowest BCUT2D eigenvalue weighted by molar-refractivity contribution is -0.112. The van der Waals surface area contributed by atoms with Gasteiger partial charge in [0.2, 0.25) is 0 Å². The SMILES string of the molecule is CCOC(=O)c1c(-c2ccc(C)cc2)csc1NC(=O)/C(C#N)=C\c1cc(OC)ccc1O. The topological polar surface area (TPSA) is 109 Å². The van der Waals surface area contributed by atoms with Crippen molar-refractivity contribution in [3.8, 4) is 28.7 Å². The normalized spacial score (nSPS) is 10.9. The summed E-state index contributed by atoms with van der Waals surface area (Å²) >= 11 is 1.16. The number of nitrogens with one attached hydrogen (secondary N) is 1. The Bertz CT molecular complexity index is 1250. The molecule has 0 radical (unpaired) electrons. The van der Waals surface area contributed by atoms with Crippen LogP contribution in [-0.2, 0) is 9.53 Å². The number of phenolic OH excluding ortho intramolecular Hbond substituents is 1. The van der Waals surface area contributed by atoms with E-state index in [2.05, 4.69) is 5.32 Å². The zero-order chi connectivity index (χ0) is 24.0. The number of methoxy groups -OCH3 is 1. The van der Waals surface area contributed by atoms with E-state index in [1.54, 1.807) is 18.4 Å². The smallest absolute Gasteiger partial charge is 0.341 e. The summed E-state index contributed by atoms with van der Waals surface area (Å²) in [4.78, 5) is 25.6. The number of thiophene rings is 1. The summed E-state index contributed by atoms with van der Waals surface area (Å²) in [5.74, 6) is -0.941. The van der Waals surface area contributed by atoms with Gasteiger partial charge in [-0.2, -0.15) is 5.26 Å². The summed E-state index contributed by atoms with van der Waals surface area (Å²) in [7, 11) is 1.47. The number of ether oxygens (including phenoxy) is 2. The monoisotopic (exact) mass is 462 g/mol. The van der Waals surface area contributed by atoms with E-state index in [0.29, 0.717) is 11.3 Å². The lowest BCUT2D eigenvalue weighted by Crippen LogP contribution is -2.16. The average Bonchev–Trinajstić information content (AvgIpc) is 3.22. The van der Waals surface area contributed by atoms with E-state index in [-0.39, 0.29) is 34.1 Å². The Morgan fingerprint density at radius 3 is 2.58 bits per heavy atom. The lowest BCUT2D eigenvalue weighted by Gasteiger charge is -2.09. The molecule has 1 amide bonds. The number of hydrogen-bond acceptors (Lipinski definition) is 7. The standard InChI is InChI=1S/C25H22N2O5S/c1-4-32-25(30)22-20(16-7-5-15(2)6-8-16)14-33-24(22)27-23(29)18(13-26)11-17-12-19(31-3)9-10-21(17)28/h5-12,14,28H,4H2,1-3H3,(H,27,29)/b18-11-. The summed E-state index contributed by atoms with van der Waals surface area (Å²) in [6.07, 6.45) is 1.26. The van der Waals surface area contributed by atoms with Crippen LogP contribution in [0.1, 0.15) is 28.4 Å². The minimum atomic E-state index is -0.720. The molecule has 0 spiro atoms. The molecule has 168 valence electrons. The van der Waals surface area contributed by atoms with E-state index in [4.69, 9.17) is 9.47 Å². The van der Waals surface area contributed by atoms with Gasteiger partial charge in [-0.05, 0) is 43.7 Å². The molecule has 2 aromatic carbocycles. The molecule has 0 saturated heterocycles. The van der Waals surface area contributed by atoms with Gasteiger partial charge in [0, 0.05) is 16.5 Å². The fourth-order valence-corrected chi connectivity index (χ4v) is 4.00. The van der Waals surface area contributed by atoms with Crippen molar-refractivity contribution < 1.29 is 24.2 Å². The molecular weight excluding hydrogens is 440 g/mol. The maximum absolute atomic E-state index is 12.9. The van der Waals surface area contributed by atoms with Crippen molar-refractivity contribution in [2.45, 2.75) is 13.8 Å². The molecule has 7 nitrogen and oxygen atoms in total. The number of aryl methyl sites for hydroxylation is 1. The number of carbonyl (C=O) groups excluding carboxylic acids is 2. The Morgan fingerprint density at radius 2 is 1.94 bits per heavy atom. The summed E-state index contributed by atoms with van der Waals surface area (Å²) in [5.41, 5.74) is 2.72. The highest BCUT2D eigenvalue weighted by Crippen LogP contribution is 2.36. The Hall–Kier alpha value is -4.09. The number of hydrogen-bond donors (Lipinski definition) is 2. The fraction of sp³-hybridized carbons (Fsp3) is 0.160. The van der Waals surface area contributed by atoms with Gasteiger partial charge >= 0.3 is 5.97 Å². The molecule has 33 heavy (non-hydrogen) atoms. The van der Waals surface area contributed by atoms with Crippen LogP contribution in [0.2, 0.25) is 0 Å². The van der Waals surface area contributed by atoms with Gasteiger partial charge in [0.1, 0.15) is 33.7 Å². The van der Waals surface area contributed by atoms with Gasteiger partial charge in [-0.25, -0.2) is 4.79 Å². The zero-order valence-electron chi connectivity index (χ0n) is 18.3. The van der Waals surface area contributed by atoms with Crippen LogP contribution in [-0.4, -0.2) is 30.7 Å². The molecule has 2 N–H and O–H groups in total. The van der Waals surface area contributed by atoms with Crippen molar-refractivity contribution in [2.75, 3.05) is 19.0 Å². The number of rotatable bonds is 7. The summed E-state index contributed by atoms with van der Waals surface area (Å²) < 4.78 is 10.3. The molecule has 3 aromatic rings. The second kappa shape index (κ2) is 10.5. The Morgan fingerprint density at radius 1 is 1.21 bits per heavy atom. The summed E-state index contributed by atoms with van der Waals surface area (Å²) in [6, 6.07) is 13.9. The van der Waals surface area contributed by atoms with Gasteiger partial charge in [0.25, 0.3) is 5.91 Å². The fourth-order valence-electron chi connectivity index (χ4n) is 3.05. The molecule has 1 heterocycles. The number of amides is 1. The first-order chi connectivity index (χ1) is 15.9. The van der Waals surface area contributed by atoms with Crippen molar-refractivity contribution in [1.29, 1.82) is 5.26 Å². The predicted molar refractivity (Wildman–Crippen MR) is 127 cm³/mol. The molecule has 0 aliphatic heterocycles. The van der Waals surface area contributed by atoms with Gasteiger partial charge in [-0.15, -0.1) is 11.3 Å². The average molecular weight is 463 g/mol. The second-order valence-corrected chi connectivity index (χ2v) is 7.87. The number of carbonyl (C=O) groups is 2. The molecule has 3 rings (SSSR count). The largest absolute Gasteiger partial charge is 0.507 e. The van der Waals surface area contributed by atoms with Gasteiger partial charge < -0.3 is 19.9 Å². The first kappa shape index (κ1) is 23.6. The number of benzene rings is 2. The van der Waals surface area contributed by atoms with Crippen LogP contribution < -0.4 is 10.1 Å². The van der Waals surface area contributed by atoms with E-state index in [1.165, 1.54) is 25.3 Å². The molecule has 0 unspecified atom stereocenters. The molecule has 0 fully saturated rings.